The van der Waals surface area contributed by atoms with Crippen LogP contribution in [-0.4, -0.2) is 32.6 Å². The van der Waals surface area contributed by atoms with Crippen molar-refractivity contribution >= 4 is 28.8 Å². The topological polar surface area (TPSA) is 77.1 Å². The first-order valence-corrected chi connectivity index (χ1v) is 11.0. The van der Waals surface area contributed by atoms with E-state index in [4.69, 9.17) is 14.2 Å². The highest BCUT2D eigenvalue weighted by Crippen LogP contribution is 2.37. The van der Waals surface area contributed by atoms with Crippen LogP contribution >= 0.6 is 0 Å². The molecular weight excluding hydrogens is 432 g/mol. The molecule has 0 saturated heterocycles. The summed E-state index contributed by atoms with van der Waals surface area (Å²) < 4.78 is 16.4. The van der Waals surface area contributed by atoms with Gasteiger partial charge in [0.2, 0.25) is 0 Å². The fraction of sp³-hybridized carbons (Fsp3) is 0.185. The van der Waals surface area contributed by atoms with Crippen LogP contribution in [0.15, 0.2) is 78.5 Å². The number of rotatable bonds is 9. The Morgan fingerprint density at radius 2 is 1.50 bits per heavy atom. The fourth-order valence-corrected chi connectivity index (χ4v) is 3.70. The summed E-state index contributed by atoms with van der Waals surface area (Å²) in [7, 11) is 3.03. The molecule has 0 radical (unpaired) electrons. The summed E-state index contributed by atoms with van der Waals surface area (Å²) in [4.78, 5) is 28.4. The molecular formula is C27H26N2O5. The second-order valence-corrected chi connectivity index (χ2v) is 7.63. The highest BCUT2D eigenvalue weighted by Gasteiger charge is 2.40. The number of carbonyl (C=O) groups is 2. The Kier molecular flexibility index (Phi) is 6.82. The normalized spacial score (nSPS) is 13.3. The quantitative estimate of drug-likeness (QED) is 0.460. The molecule has 0 aromatic heterocycles. The van der Waals surface area contributed by atoms with E-state index in [0.29, 0.717) is 40.8 Å². The molecule has 0 spiro atoms. The molecule has 7 heteroatoms. The van der Waals surface area contributed by atoms with Crippen molar-refractivity contribution in [1.29, 1.82) is 0 Å². The van der Waals surface area contributed by atoms with Gasteiger partial charge in [-0.2, -0.15) is 0 Å². The van der Waals surface area contributed by atoms with Crippen molar-refractivity contribution in [2.75, 3.05) is 31.0 Å². The maximum atomic E-state index is 13.6. The average molecular weight is 459 g/mol. The number of anilines is 2. The third kappa shape index (κ3) is 4.59. The van der Waals surface area contributed by atoms with Gasteiger partial charge in [-0.3, -0.25) is 9.59 Å². The number of carbonyl (C=O) groups excluding carboxylic acids is 2. The van der Waals surface area contributed by atoms with Crippen molar-refractivity contribution in [3.8, 4) is 17.2 Å². The van der Waals surface area contributed by atoms with Gasteiger partial charge in [0.05, 0.1) is 32.1 Å². The molecule has 174 valence electrons. The van der Waals surface area contributed by atoms with Crippen LogP contribution in [0.25, 0.3) is 5.57 Å². The summed E-state index contributed by atoms with van der Waals surface area (Å²) in [6.45, 7) is 2.62. The molecule has 0 atom stereocenters. The Morgan fingerprint density at radius 3 is 2.15 bits per heavy atom. The van der Waals surface area contributed by atoms with Crippen molar-refractivity contribution in [3.05, 3.63) is 84.1 Å². The second kappa shape index (κ2) is 10.1. The molecule has 1 N–H and O–H groups in total. The van der Waals surface area contributed by atoms with Crippen molar-refractivity contribution in [2.24, 2.45) is 0 Å². The molecule has 0 bridgehead atoms. The molecule has 1 heterocycles. The Balaban J connectivity index is 1.77. The first-order valence-electron chi connectivity index (χ1n) is 11.0. The molecule has 34 heavy (non-hydrogen) atoms. The van der Waals surface area contributed by atoms with E-state index in [2.05, 4.69) is 5.32 Å². The van der Waals surface area contributed by atoms with Gasteiger partial charge in [0.1, 0.15) is 22.9 Å². The highest BCUT2D eigenvalue weighted by molar-refractivity contribution is 6.46. The Bertz CT molecular complexity index is 1210. The molecule has 7 nitrogen and oxygen atoms in total. The monoisotopic (exact) mass is 458 g/mol. The van der Waals surface area contributed by atoms with E-state index in [0.717, 1.165) is 11.3 Å². The lowest BCUT2D eigenvalue weighted by Crippen LogP contribution is -2.32. The van der Waals surface area contributed by atoms with Gasteiger partial charge in [0.25, 0.3) is 11.8 Å². The van der Waals surface area contributed by atoms with Gasteiger partial charge in [0, 0.05) is 30.0 Å². The molecule has 1 aliphatic heterocycles. The summed E-state index contributed by atoms with van der Waals surface area (Å²) >= 11 is 0. The van der Waals surface area contributed by atoms with Crippen LogP contribution in [0.4, 0.5) is 11.4 Å². The zero-order valence-electron chi connectivity index (χ0n) is 19.3. The number of hydrogen-bond acceptors (Lipinski definition) is 6. The molecule has 3 aromatic carbocycles. The van der Waals surface area contributed by atoms with Crippen LogP contribution in [0.5, 0.6) is 17.2 Å². The first kappa shape index (κ1) is 22.9. The summed E-state index contributed by atoms with van der Waals surface area (Å²) in [5, 5.41) is 3.17. The van der Waals surface area contributed by atoms with E-state index in [-0.39, 0.29) is 11.3 Å². The zero-order chi connectivity index (χ0) is 24.1. The molecule has 0 aliphatic carbocycles. The number of imide groups is 1. The van der Waals surface area contributed by atoms with E-state index < -0.39 is 11.8 Å². The minimum atomic E-state index is -0.473. The number of nitrogens with one attached hydrogen (secondary N) is 1. The van der Waals surface area contributed by atoms with Gasteiger partial charge in [0.15, 0.2) is 0 Å². The predicted octanol–water partition coefficient (Wildman–Crippen LogP) is 4.89. The summed E-state index contributed by atoms with van der Waals surface area (Å²) in [5.41, 5.74) is 2.11. The fourth-order valence-electron chi connectivity index (χ4n) is 3.70. The maximum Gasteiger partial charge on any atom is 0.282 e. The Labute approximate surface area is 198 Å². The Hall–Kier alpha value is -4.26. The van der Waals surface area contributed by atoms with Gasteiger partial charge in [-0.15, -0.1) is 0 Å². The van der Waals surface area contributed by atoms with E-state index in [1.165, 1.54) is 14.2 Å². The van der Waals surface area contributed by atoms with Gasteiger partial charge in [-0.25, -0.2) is 4.90 Å². The van der Waals surface area contributed by atoms with E-state index in [1.54, 1.807) is 36.4 Å². The lowest BCUT2D eigenvalue weighted by molar-refractivity contribution is -0.120. The van der Waals surface area contributed by atoms with Crippen LogP contribution in [0.2, 0.25) is 0 Å². The molecule has 2 amide bonds. The van der Waals surface area contributed by atoms with E-state index in [1.807, 2.05) is 43.3 Å². The number of amides is 2. The van der Waals surface area contributed by atoms with Gasteiger partial charge < -0.3 is 19.5 Å². The molecule has 3 aromatic rings. The van der Waals surface area contributed by atoms with Crippen LogP contribution in [0, 0.1) is 0 Å². The second-order valence-electron chi connectivity index (χ2n) is 7.63. The Morgan fingerprint density at radius 1 is 0.794 bits per heavy atom. The van der Waals surface area contributed by atoms with Crippen LogP contribution in [-0.2, 0) is 9.59 Å². The zero-order valence-corrected chi connectivity index (χ0v) is 19.3. The third-order valence-electron chi connectivity index (χ3n) is 5.32. The van der Waals surface area contributed by atoms with Gasteiger partial charge in [-0.1, -0.05) is 43.3 Å². The first-order chi connectivity index (χ1) is 16.5. The lowest BCUT2D eigenvalue weighted by atomic mass is 10.0. The SMILES string of the molecule is CCCOc1cccc(NC2=C(c3ccccc3)C(=O)N(c3cc(OC)cc(OC)c3)C2=O)c1. The predicted molar refractivity (Wildman–Crippen MR) is 131 cm³/mol. The van der Waals surface area contributed by atoms with Crippen molar-refractivity contribution in [1.82, 2.24) is 0 Å². The van der Waals surface area contributed by atoms with Crippen LogP contribution < -0.4 is 24.4 Å². The summed E-state index contributed by atoms with van der Waals surface area (Å²) in [5.74, 6) is 0.711. The van der Waals surface area contributed by atoms with Crippen molar-refractivity contribution in [2.45, 2.75) is 13.3 Å². The molecule has 0 unspecified atom stereocenters. The number of methoxy groups -OCH3 is 2. The van der Waals surface area contributed by atoms with E-state index in [9.17, 15) is 9.59 Å². The number of ether oxygens (including phenoxy) is 3. The molecule has 0 fully saturated rings. The van der Waals surface area contributed by atoms with E-state index >= 15 is 0 Å². The highest BCUT2D eigenvalue weighted by atomic mass is 16.5. The average Bonchev–Trinajstić information content (AvgIpc) is 3.11. The molecule has 4 rings (SSSR count). The minimum absolute atomic E-state index is 0.186. The van der Waals surface area contributed by atoms with Gasteiger partial charge in [-0.05, 0) is 24.1 Å². The number of nitrogens with zero attached hydrogens (tertiary/aromatic N) is 1. The third-order valence-corrected chi connectivity index (χ3v) is 5.32. The van der Waals surface area contributed by atoms with Gasteiger partial charge >= 0.3 is 0 Å². The summed E-state index contributed by atoms with van der Waals surface area (Å²) in [6.07, 6.45) is 0.882. The standard InChI is InChI=1S/C27H26N2O5/c1-4-13-34-21-12-8-11-19(14-21)28-25-24(18-9-6-5-7-10-18)26(30)29(27(25)31)20-15-22(32-2)17-23(16-20)33-3/h5-12,14-17,28H,4,13H2,1-3H3. The molecule has 0 saturated carbocycles. The number of benzene rings is 3. The molecule has 1 aliphatic rings. The van der Waals surface area contributed by atoms with Crippen molar-refractivity contribution in [3.63, 3.8) is 0 Å². The largest absolute Gasteiger partial charge is 0.497 e. The van der Waals surface area contributed by atoms with Crippen LogP contribution in [0.3, 0.4) is 0 Å². The minimum Gasteiger partial charge on any atom is -0.497 e. The van der Waals surface area contributed by atoms with Crippen LogP contribution in [0.1, 0.15) is 18.9 Å². The number of hydrogen-bond donors (Lipinski definition) is 1. The summed E-state index contributed by atoms with van der Waals surface area (Å²) in [6, 6.07) is 21.4. The maximum absolute atomic E-state index is 13.6. The van der Waals surface area contributed by atoms with Crippen molar-refractivity contribution < 1.29 is 23.8 Å². The lowest BCUT2D eigenvalue weighted by Gasteiger charge is -2.17. The smallest absolute Gasteiger partial charge is 0.282 e.